The van der Waals surface area contributed by atoms with Gasteiger partial charge in [0.1, 0.15) is 17.9 Å². The van der Waals surface area contributed by atoms with Crippen LogP contribution in [0.2, 0.25) is 0 Å². The molecule has 8 heteroatoms. The van der Waals surface area contributed by atoms with Gasteiger partial charge in [-0.05, 0) is 42.0 Å². The first kappa shape index (κ1) is 18.1. The third-order valence-corrected chi connectivity index (χ3v) is 5.07. The number of H-pyrrole nitrogens is 1. The second kappa shape index (κ2) is 7.40. The second-order valence-electron chi connectivity index (χ2n) is 6.48. The molecule has 3 aromatic rings. The van der Waals surface area contributed by atoms with Crippen molar-refractivity contribution in [1.29, 1.82) is 0 Å². The van der Waals surface area contributed by atoms with Gasteiger partial charge in [0, 0.05) is 17.8 Å². The summed E-state index contributed by atoms with van der Waals surface area (Å²) in [5, 5.41) is 13.3. The number of carboxylic acid groups (broad SMARTS) is 1. The van der Waals surface area contributed by atoms with Crippen LogP contribution in [0.5, 0.6) is 0 Å². The van der Waals surface area contributed by atoms with E-state index >= 15 is 0 Å². The standard InChI is InChI=1S/C20H17FN4O2S/c21-13-8-6-12(7-9-13)18-17-15(22-11-23-17)10-16(19(26)27)25(18)20(28)24-14-4-2-1-3-5-14/h1-9,11,16,18H,10H2,(H,22,23)(H,24,28)(H,26,27)/t16-,18-/m1/s1. The maximum absolute atomic E-state index is 13.5. The van der Waals surface area contributed by atoms with Crippen molar-refractivity contribution in [2.24, 2.45) is 0 Å². The lowest BCUT2D eigenvalue weighted by Gasteiger charge is -2.41. The molecular weight excluding hydrogens is 379 g/mol. The summed E-state index contributed by atoms with van der Waals surface area (Å²) >= 11 is 5.60. The Kier molecular flexibility index (Phi) is 4.79. The third kappa shape index (κ3) is 3.34. The van der Waals surface area contributed by atoms with Crippen LogP contribution in [0.4, 0.5) is 10.1 Å². The van der Waals surface area contributed by atoms with Crippen molar-refractivity contribution in [3.05, 3.63) is 83.7 Å². The molecule has 0 unspecified atom stereocenters. The van der Waals surface area contributed by atoms with E-state index in [2.05, 4.69) is 15.3 Å². The summed E-state index contributed by atoms with van der Waals surface area (Å²) in [5.74, 6) is -1.36. The molecule has 0 bridgehead atoms. The number of rotatable bonds is 3. The van der Waals surface area contributed by atoms with Crippen LogP contribution in [0.25, 0.3) is 0 Å². The Morgan fingerprint density at radius 1 is 1.21 bits per heavy atom. The van der Waals surface area contributed by atoms with Gasteiger partial charge < -0.3 is 20.3 Å². The van der Waals surface area contributed by atoms with Crippen LogP contribution in [-0.4, -0.2) is 37.1 Å². The maximum Gasteiger partial charge on any atom is 0.326 e. The van der Waals surface area contributed by atoms with Crippen molar-refractivity contribution in [1.82, 2.24) is 14.9 Å². The number of aromatic nitrogens is 2. The number of hydrogen-bond acceptors (Lipinski definition) is 3. The zero-order chi connectivity index (χ0) is 19.7. The number of carboxylic acids is 1. The van der Waals surface area contributed by atoms with E-state index in [1.165, 1.54) is 18.5 Å². The van der Waals surface area contributed by atoms with E-state index < -0.39 is 18.1 Å². The molecule has 28 heavy (non-hydrogen) atoms. The van der Waals surface area contributed by atoms with Crippen LogP contribution in [0.1, 0.15) is 23.0 Å². The smallest absolute Gasteiger partial charge is 0.326 e. The molecule has 4 rings (SSSR count). The van der Waals surface area contributed by atoms with Gasteiger partial charge in [0.25, 0.3) is 0 Å². The van der Waals surface area contributed by atoms with Crippen molar-refractivity contribution in [3.8, 4) is 0 Å². The fraction of sp³-hybridized carbons (Fsp3) is 0.150. The first-order valence-electron chi connectivity index (χ1n) is 8.69. The van der Waals surface area contributed by atoms with E-state index in [0.717, 1.165) is 11.4 Å². The molecule has 2 heterocycles. The molecule has 1 aliphatic heterocycles. The number of fused-ring (bicyclic) bond motifs is 1. The highest BCUT2D eigenvalue weighted by molar-refractivity contribution is 7.80. The Labute approximate surface area is 166 Å². The SMILES string of the molecule is O=C(O)[C@H]1Cc2[nH]cnc2[C@@H](c2ccc(F)cc2)N1C(=S)Nc1ccccc1. The highest BCUT2D eigenvalue weighted by atomic mass is 32.1. The zero-order valence-corrected chi connectivity index (χ0v) is 15.5. The molecule has 142 valence electrons. The van der Waals surface area contributed by atoms with Crippen molar-refractivity contribution < 1.29 is 14.3 Å². The predicted molar refractivity (Wildman–Crippen MR) is 106 cm³/mol. The van der Waals surface area contributed by atoms with Gasteiger partial charge in [-0.3, -0.25) is 0 Å². The van der Waals surface area contributed by atoms with Gasteiger partial charge in [-0.25, -0.2) is 14.2 Å². The number of anilines is 1. The van der Waals surface area contributed by atoms with Gasteiger partial charge in [0.2, 0.25) is 0 Å². The van der Waals surface area contributed by atoms with Crippen molar-refractivity contribution in [3.63, 3.8) is 0 Å². The minimum absolute atomic E-state index is 0.235. The quantitative estimate of drug-likeness (QED) is 0.589. The number of thiocarbonyl (C=S) groups is 1. The number of carbonyl (C=O) groups is 1. The third-order valence-electron chi connectivity index (χ3n) is 4.75. The molecule has 0 fully saturated rings. The predicted octanol–water partition coefficient (Wildman–Crippen LogP) is 3.35. The lowest BCUT2D eigenvalue weighted by Crippen LogP contribution is -2.53. The van der Waals surface area contributed by atoms with Crippen LogP contribution in [0, 0.1) is 5.82 Å². The number of hydrogen-bond donors (Lipinski definition) is 3. The number of nitrogens with zero attached hydrogens (tertiary/aromatic N) is 2. The normalized spacial score (nSPS) is 18.4. The van der Waals surface area contributed by atoms with Gasteiger partial charge in [0.05, 0.1) is 12.0 Å². The number of benzene rings is 2. The van der Waals surface area contributed by atoms with Crippen LogP contribution in [0.15, 0.2) is 60.9 Å². The Morgan fingerprint density at radius 3 is 2.61 bits per heavy atom. The average Bonchev–Trinajstić information content (AvgIpc) is 3.16. The van der Waals surface area contributed by atoms with Gasteiger partial charge >= 0.3 is 5.97 Å². The molecular formula is C20H17FN4O2S. The minimum atomic E-state index is -0.996. The number of aliphatic carboxylic acids is 1. The van der Waals surface area contributed by atoms with Crippen molar-refractivity contribution >= 4 is 29.0 Å². The van der Waals surface area contributed by atoms with E-state index in [1.807, 2.05) is 30.3 Å². The van der Waals surface area contributed by atoms with E-state index in [4.69, 9.17) is 12.2 Å². The molecule has 0 aliphatic carbocycles. The Morgan fingerprint density at radius 2 is 1.93 bits per heavy atom. The van der Waals surface area contributed by atoms with Crippen LogP contribution >= 0.6 is 12.2 Å². The Hall–Kier alpha value is -3.26. The summed E-state index contributed by atoms with van der Waals surface area (Å²) in [7, 11) is 0. The number of imidazole rings is 1. The van der Waals surface area contributed by atoms with Crippen LogP contribution in [-0.2, 0) is 11.2 Å². The Bertz CT molecular complexity index is 1010. The molecule has 0 saturated carbocycles. The summed E-state index contributed by atoms with van der Waals surface area (Å²) in [6, 6.07) is 13.8. The lowest BCUT2D eigenvalue weighted by molar-refractivity contribution is -0.142. The molecule has 2 aromatic carbocycles. The van der Waals surface area contributed by atoms with E-state index in [-0.39, 0.29) is 17.4 Å². The maximum atomic E-state index is 13.5. The monoisotopic (exact) mass is 396 g/mol. The summed E-state index contributed by atoms with van der Waals surface area (Å²) in [4.78, 5) is 21.1. The molecule has 0 amide bonds. The second-order valence-corrected chi connectivity index (χ2v) is 6.87. The summed E-state index contributed by atoms with van der Waals surface area (Å²) in [6.07, 6.45) is 1.77. The fourth-order valence-electron chi connectivity index (χ4n) is 3.47. The highest BCUT2D eigenvalue weighted by Crippen LogP contribution is 2.37. The number of para-hydroxylation sites is 1. The first-order valence-corrected chi connectivity index (χ1v) is 9.10. The van der Waals surface area contributed by atoms with Crippen LogP contribution in [0.3, 0.4) is 0 Å². The largest absolute Gasteiger partial charge is 0.480 e. The highest BCUT2D eigenvalue weighted by Gasteiger charge is 2.42. The summed E-state index contributed by atoms with van der Waals surface area (Å²) in [5.41, 5.74) is 2.88. The van der Waals surface area contributed by atoms with Crippen LogP contribution < -0.4 is 5.32 Å². The molecule has 1 aromatic heterocycles. The molecule has 1 aliphatic rings. The fourth-order valence-corrected chi connectivity index (χ4v) is 3.82. The van der Waals surface area contributed by atoms with Crippen molar-refractivity contribution in [2.75, 3.05) is 5.32 Å². The first-order chi connectivity index (χ1) is 13.5. The molecule has 2 atom stereocenters. The molecule has 3 N–H and O–H groups in total. The van der Waals surface area contributed by atoms with Gasteiger partial charge in [-0.1, -0.05) is 30.3 Å². The van der Waals surface area contributed by atoms with Gasteiger partial charge in [-0.15, -0.1) is 0 Å². The van der Waals surface area contributed by atoms with Gasteiger partial charge in [-0.2, -0.15) is 0 Å². The average molecular weight is 396 g/mol. The number of nitrogens with one attached hydrogen (secondary N) is 2. The lowest BCUT2D eigenvalue weighted by atomic mass is 9.91. The van der Waals surface area contributed by atoms with E-state index in [0.29, 0.717) is 11.3 Å². The Balaban J connectivity index is 1.79. The molecule has 0 spiro atoms. The number of halogens is 1. The topological polar surface area (TPSA) is 81.2 Å². The molecule has 6 nitrogen and oxygen atoms in total. The molecule has 0 saturated heterocycles. The van der Waals surface area contributed by atoms with E-state index in [1.54, 1.807) is 17.0 Å². The molecule has 0 radical (unpaired) electrons. The zero-order valence-electron chi connectivity index (χ0n) is 14.7. The van der Waals surface area contributed by atoms with E-state index in [9.17, 15) is 14.3 Å². The minimum Gasteiger partial charge on any atom is -0.480 e. The van der Waals surface area contributed by atoms with Crippen molar-refractivity contribution in [2.45, 2.75) is 18.5 Å². The summed E-state index contributed by atoms with van der Waals surface area (Å²) < 4.78 is 13.5. The van der Waals surface area contributed by atoms with Gasteiger partial charge in [0.15, 0.2) is 5.11 Å². The number of aromatic amines is 1. The summed E-state index contributed by atoms with van der Waals surface area (Å²) in [6.45, 7) is 0.